The van der Waals surface area contributed by atoms with E-state index in [0.29, 0.717) is 0 Å². The van der Waals surface area contributed by atoms with Crippen LogP contribution in [-0.2, 0) is 9.59 Å². The Kier molecular flexibility index (Phi) is 5.80. The molecule has 98 valence electrons. The van der Waals surface area contributed by atoms with E-state index in [0.717, 1.165) is 10.2 Å². The summed E-state index contributed by atoms with van der Waals surface area (Å²) in [6, 6.07) is 7.02. The molecule has 1 atom stereocenters. The lowest BCUT2D eigenvalue weighted by Gasteiger charge is -2.10. The van der Waals surface area contributed by atoms with Crippen molar-refractivity contribution < 1.29 is 14.9 Å². The molecule has 0 heterocycles. The minimum absolute atomic E-state index is 0.0988. The van der Waals surface area contributed by atoms with Crippen molar-refractivity contribution in [3.8, 4) is 0 Å². The number of nitrogens with one attached hydrogen (secondary N) is 2. The Morgan fingerprint density at radius 3 is 2.50 bits per heavy atom. The summed E-state index contributed by atoms with van der Waals surface area (Å²) < 4.78 is 0.958. The molecule has 0 aliphatic rings. The standard InChI is InChI=1S/C12H16BrN3O2/c1-8(15-7-11(17)14-2)12(18)16-10-5-3-9(13)4-6-10/h3-6,8,15H,7H2,1-2H3,(H,14,17)(H,16,18)/p+1/t8-/m0/s1. The minimum atomic E-state index is -0.314. The van der Waals surface area contributed by atoms with Gasteiger partial charge in [-0.25, -0.2) is 0 Å². The molecule has 1 aromatic carbocycles. The Hall–Kier alpha value is -1.40. The molecule has 0 spiro atoms. The fourth-order valence-corrected chi connectivity index (χ4v) is 1.55. The van der Waals surface area contributed by atoms with Gasteiger partial charge in [0.05, 0.1) is 0 Å². The van der Waals surface area contributed by atoms with Gasteiger partial charge in [0.25, 0.3) is 11.8 Å². The summed E-state index contributed by atoms with van der Waals surface area (Å²) in [6.07, 6.45) is 0. The van der Waals surface area contributed by atoms with Crippen LogP contribution in [0.2, 0.25) is 0 Å². The van der Waals surface area contributed by atoms with E-state index in [2.05, 4.69) is 26.6 Å². The predicted octanol–water partition coefficient (Wildman–Crippen LogP) is 0.0855. The van der Waals surface area contributed by atoms with Crippen molar-refractivity contribution in [1.82, 2.24) is 5.32 Å². The molecule has 18 heavy (non-hydrogen) atoms. The predicted molar refractivity (Wildman–Crippen MR) is 73.1 cm³/mol. The van der Waals surface area contributed by atoms with Crippen LogP contribution in [0.1, 0.15) is 6.92 Å². The highest BCUT2D eigenvalue weighted by Crippen LogP contribution is 2.13. The molecule has 4 N–H and O–H groups in total. The summed E-state index contributed by atoms with van der Waals surface area (Å²) in [6.45, 7) is 2.00. The number of benzene rings is 1. The maximum Gasteiger partial charge on any atom is 0.282 e. The van der Waals surface area contributed by atoms with Crippen molar-refractivity contribution in [2.24, 2.45) is 0 Å². The van der Waals surface area contributed by atoms with Crippen LogP contribution in [0.5, 0.6) is 0 Å². The third-order valence-electron chi connectivity index (χ3n) is 2.46. The second kappa shape index (κ2) is 7.13. The fraction of sp³-hybridized carbons (Fsp3) is 0.333. The normalized spacial score (nSPS) is 11.7. The van der Waals surface area contributed by atoms with Gasteiger partial charge in [0.15, 0.2) is 12.6 Å². The number of amides is 2. The Bertz CT molecular complexity index is 420. The van der Waals surface area contributed by atoms with E-state index in [4.69, 9.17) is 0 Å². The molecule has 0 aliphatic carbocycles. The number of hydrogen-bond donors (Lipinski definition) is 3. The number of anilines is 1. The molecule has 0 unspecified atom stereocenters. The number of hydrogen-bond acceptors (Lipinski definition) is 2. The number of quaternary nitrogens is 1. The molecule has 5 nitrogen and oxygen atoms in total. The Morgan fingerprint density at radius 1 is 1.33 bits per heavy atom. The van der Waals surface area contributed by atoms with Crippen LogP contribution in [0.3, 0.4) is 0 Å². The van der Waals surface area contributed by atoms with Crippen LogP contribution < -0.4 is 16.0 Å². The van der Waals surface area contributed by atoms with Gasteiger partial charge in [0.2, 0.25) is 0 Å². The first-order chi connectivity index (χ1) is 8.52. The van der Waals surface area contributed by atoms with Gasteiger partial charge in [0, 0.05) is 17.2 Å². The monoisotopic (exact) mass is 314 g/mol. The second-order valence-corrected chi connectivity index (χ2v) is 4.81. The maximum absolute atomic E-state index is 11.8. The van der Waals surface area contributed by atoms with Gasteiger partial charge in [-0.05, 0) is 31.2 Å². The Morgan fingerprint density at radius 2 is 1.94 bits per heavy atom. The van der Waals surface area contributed by atoms with E-state index in [1.807, 2.05) is 24.3 Å². The highest BCUT2D eigenvalue weighted by atomic mass is 79.9. The molecule has 0 saturated heterocycles. The quantitative estimate of drug-likeness (QED) is 0.720. The van der Waals surface area contributed by atoms with E-state index >= 15 is 0 Å². The summed E-state index contributed by atoms with van der Waals surface area (Å²) in [5.41, 5.74) is 0.739. The van der Waals surface area contributed by atoms with Crippen LogP contribution in [-0.4, -0.2) is 31.4 Å². The molecule has 0 radical (unpaired) electrons. The maximum atomic E-state index is 11.8. The zero-order valence-corrected chi connectivity index (χ0v) is 12.0. The lowest BCUT2D eigenvalue weighted by atomic mass is 10.2. The van der Waals surface area contributed by atoms with E-state index in [1.165, 1.54) is 0 Å². The Balaban J connectivity index is 2.44. The van der Waals surface area contributed by atoms with Gasteiger partial charge in [0.1, 0.15) is 0 Å². The van der Waals surface area contributed by atoms with Gasteiger partial charge < -0.3 is 16.0 Å². The van der Waals surface area contributed by atoms with E-state index in [1.54, 1.807) is 19.3 Å². The fourth-order valence-electron chi connectivity index (χ4n) is 1.28. The summed E-state index contributed by atoms with van der Waals surface area (Å²) in [5, 5.41) is 6.98. The van der Waals surface area contributed by atoms with Gasteiger partial charge in [-0.3, -0.25) is 9.59 Å². The number of halogens is 1. The summed E-state index contributed by atoms with van der Waals surface area (Å²) in [5.74, 6) is -0.223. The highest BCUT2D eigenvalue weighted by Gasteiger charge is 2.17. The number of likely N-dealkylation sites (N-methyl/N-ethyl adjacent to an activating group) is 1. The molecular weight excluding hydrogens is 298 g/mol. The average molecular weight is 315 g/mol. The highest BCUT2D eigenvalue weighted by molar-refractivity contribution is 9.10. The molecule has 0 saturated carbocycles. The van der Waals surface area contributed by atoms with E-state index in [9.17, 15) is 9.59 Å². The molecule has 1 aromatic rings. The van der Waals surface area contributed by atoms with Gasteiger partial charge in [-0.1, -0.05) is 15.9 Å². The van der Waals surface area contributed by atoms with Crippen molar-refractivity contribution in [2.75, 3.05) is 18.9 Å². The van der Waals surface area contributed by atoms with Gasteiger partial charge in [-0.2, -0.15) is 0 Å². The number of nitrogens with two attached hydrogens (primary N) is 1. The lowest BCUT2D eigenvalue weighted by Crippen LogP contribution is -2.93. The average Bonchev–Trinajstić information content (AvgIpc) is 2.38. The first-order valence-corrected chi connectivity index (χ1v) is 6.42. The zero-order valence-electron chi connectivity index (χ0n) is 10.4. The zero-order chi connectivity index (χ0) is 13.5. The number of rotatable bonds is 5. The lowest BCUT2D eigenvalue weighted by molar-refractivity contribution is -0.662. The van der Waals surface area contributed by atoms with Crippen LogP contribution in [0, 0.1) is 0 Å². The summed E-state index contributed by atoms with van der Waals surface area (Å²) in [4.78, 5) is 22.9. The molecular formula is C12H17BrN3O2+. The molecule has 6 heteroatoms. The molecule has 0 fully saturated rings. The SMILES string of the molecule is CNC(=O)C[NH2+][C@@H](C)C(=O)Nc1ccc(Br)cc1. The third-order valence-corrected chi connectivity index (χ3v) is 2.99. The topological polar surface area (TPSA) is 74.8 Å². The first-order valence-electron chi connectivity index (χ1n) is 5.63. The summed E-state index contributed by atoms with van der Waals surface area (Å²) >= 11 is 3.33. The molecule has 0 aliphatic heterocycles. The van der Waals surface area contributed by atoms with E-state index < -0.39 is 0 Å². The molecule has 1 rings (SSSR count). The van der Waals surface area contributed by atoms with E-state index in [-0.39, 0.29) is 24.4 Å². The van der Waals surface area contributed by atoms with Crippen molar-refractivity contribution in [3.63, 3.8) is 0 Å². The first kappa shape index (κ1) is 14.7. The summed E-state index contributed by atoms with van der Waals surface area (Å²) in [7, 11) is 1.57. The third kappa shape index (κ3) is 4.85. The van der Waals surface area contributed by atoms with Crippen LogP contribution >= 0.6 is 15.9 Å². The van der Waals surface area contributed by atoms with Crippen molar-refractivity contribution >= 4 is 33.4 Å². The van der Waals surface area contributed by atoms with Crippen molar-refractivity contribution in [3.05, 3.63) is 28.7 Å². The van der Waals surface area contributed by atoms with Crippen LogP contribution in [0.4, 0.5) is 5.69 Å². The van der Waals surface area contributed by atoms with Crippen LogP contribution in [0.15, 0.2) is 28.7 Å². The van der Waals surface area contributed by atoms with Crippen LogP contribution in [0.25, 0.3) is 0 Å². The van der Waals surface area contributed by atoms with Crippen molar-refractivity contribution in [2.45, 2.75) is 13.0 Å². The smallest absolute Gasteiger partial charge is 0.282 e. The van der Waals surface area contributed by atoms with Gasteiger partial charge in [-0.15, -0.1) is 0 Å². The van der Waals surface area contributed by atoms with Crippen molar-refractivity contribution in [1.29, 1.82) is 0 Å². The molecule has 0 bridgehead atoms. The minimum Gasteiger partial charge on any atom is -0.354 e. The largest absolute Gasteiger partial charge is 0.354 e. The molecule has 0 aromatic heterocycles. The number of carbonyl (C=O) groups excluding carboxylic acids is 2. The van der Waals surface area contributed by atoms with Gasteiger partial charge >= 0.3 is 0 Å². The molecule has 2 amide bonds. The second-order valence-electron chi connectivity index (χ2n) is 3.90. The Labute approximate surface area is 114 Å². The number of carbonyl (C=O) groups is 2.